The van der Waals surface area contributed by atoms with Crippen molar-refractivity contribution in [2.24, 2.45) is 0 Å². The Morgan fingerprint density at radius 2 is 0.533 bits per heavy atom. The topological polar surface area (TPSA) is 66.0 Å². The molecule has 0 N–H and O–H groups in total. The third-order valence-electron chi connectivity index (χ3n) is 9.08. The highest BCUT2D eigenvalue weighted by molar-refractivity contribution is 7.80. The van der Waals surface area contributed by atoms with Crippen LogP contribution in [0.25, 0.3) is 0 Å². The van der Waals surface area contributed by atoms with Crippen LogP contribution in [0.1, 0.15) is 210 Å². The second-order valence-corrected chi connectivity index (χ2v) is 15.0. The van der Waals surface area contributed by atoms with Gasteiger partial charge in [-0.2, -0.15) is 37.9 Å². The Hall–Kier alpha value is -0.540. The van der Waals surface area contributed by atoms with E-state index in [1.54, 1.807) is 0 Å². The highest BCUT2D eigenvalue weighted by Gasteiger charge is 2.25. The quantitative estimate of drug-likeness (QED) is 0.0557. The molecular formula is C36H69N3O3S3. The molecule has 0 aliphatic rings. The number of nitrogens with zero attached hydrogens (tertiary/aromatic N) is 3. The van der Waals surface area contributed by atoms with Crippen molar-refractivity contribution < 1.29 is 0 Å². The molecule has 45 heavy (non-hydrogen) atoms. The maximum Gasteiger partial charge on any atom is 0.338 e. The number of thiol groups is 3. The Labute approximate surface area is 292 Å². The first-order chi connectivity index (χ1) is 21.8. The van der Waals surface area contributed by atoms with Crippen LogP contribution < -0.4 is 17.1 Å². The van der Waals surface area contributed by atoms with Gasteiger partial charge in [0.2, 0.25) is 0 Å². The molecule has 0 spiro atoms. The molecule has 1 heterocycles. The first-order valence-electron chi connectivity index (χ1n) is 18.8. The lowest BCUT2D eigenvalue weighted by Crippen LogP contribution is -2.56. The van der Waals surface area contributed by atoms with Crippen LogP contribution in [0.2, 0.25) is 0 Å². The Kier molecular flexibility index (Phi) is 25.9. The van der Waals surface area contributed by atoms with Gasteiger partial charge in [-0.1, -0.05) is 175 Å². The molecule has 0 aliphatic heterocycles. The van der Waals surface area contributed by atoms with Crippen LogP contribution in [0, 0.1) is 0 Å². The predicted octanol–water partition coefficient (Wildman–Crippen LogP) is 11.0. The minimum atomic E-state index is -0.590. The van der Waals surface area contributed by atoms with E-state index in [4.69, 9.17) is 37.9 Å². The summed E-state index contributed by atoms with van der Waals surface area (Å²) in [6, 6.07) is 0. The summed E-state index contributed by atoms with van der Waals surface area (Å²) in [5.74, 6) is 0. The van der Waals surface area contributed by atoms with E-state index < -0.39 is 33.2 Å². The Morgan fingerprint density at radius 3 is 0.733 bits per heavy atom. The van der Waals surface area contributed by atoms with Gasteiger partial charge in [-0.05, 0) is 19.3 Å². The molecule has 264 valence electrons. The molecule has 0 saturated heterocycles. The Bertz CT molecular complexity index is 880. The summed E-state index contributed by atoms with van der Waals surface area (Å²) in [5.41, 5.74) is -1.77. The molecule has 0 aliphatic carbocycles. The van der Waals surface area contributed by atoms with Crippen LogP contribution in [0.15, 0.2) is 14.4 Å². The van der Waals surface area contributed by atoms with E-state index in [0.29, 0.717) is 19.3 Å². The first-order valence-corrected chi connectivity index (χ1v) is 20.4. The zero-order valence-electron chi connectivity index (χ0n) is 29.2. The fourth-order valence-corrected chi connectivity index (χ4v) is 7.27. The molecule has 0 aromatic carbocycles. The summed E-state index contributed by atoms with van der Waals surface area (Å²) in [7, 11) is 0. The van der Waals surface area contributed by atoms with Crippen molar-refractivity contribution in [3.63, 3.8) is 0 Å². The van der Waals surface area contributed by atoms with Crippen molar-refractivity contribution in [3.05, 3.63) is 31.5 Å². The Balaban J connectivity index is 2.99. The molecule has 3 atom stereocenters. The average Bonchev–Trinajstić information content (AvgIpc) is 3.01. The van der Waals surface area contributed by atoms with Gasteiger partial charge in [0.15, 0.2) is 0 Å². The molecular weight excluding hydrogens is 619 g/mol. The second-order valence-electron chi connectivity index (χ2n) is 13.2. The monoisotopic (exact) mass is 687 g/mol. The van der Waals surface area contributed by atoms with Gasteiger partial charge in [0, 0.05) is 0 Å². The van der Waals surface area contributed by atoms with Crippen molar-refractivity contribution in [1.29, 1.82) is 0 Å². The van der Waals surface area contributed by atoms with E-state index in [2.05, 4.69) is 20.8 Å². The van der Waals surface area contributed by atoms with Crippen molar-refractivity contribution in [2.75, 3.05) is 0 Å². The van der Waals surface area contributed by atoms with E-state index >= 15 is 0 Å². The molecule has 0 fully saturated rings. The minimum absolute atomic E-state index is 0.588. The molecule has 0 saturated carbocycles. The molecule has 0 radical (unpaired) electrons. The Morgan fingerprint density at radius 1 is 0.356 bits per heavy atom. The lowest BCUT2D eigenvalue weighted by atomic mass is 10.1. The van der Waals surface area contributed by atoms with E-state index in [1.165, 1.54) is 110 Å². The van der Waals surface area contributed by atoms with Gasteiger partial charge in [-0.15, -0.1) is 0 Å². The van der Waals surface area contributed by atoms with Gasteiger partial charge in [0.1, 0.15) is 0 Å². The summed E-state index contributed by atoms with van der Waals surface area (Å²) in [6.07, 6.45) is 30.0. The summed E-state index contributed by atoms with van der Waals surface area (Å²) >= 11 is 14.2. The third kappa shape index (κ3) is 17.4. The number of hydrogen-bond acceptors (Lipinski definition) is 6. The first kappa shape index (κ1) is 42.5. The third-order valence-corrected chi connectivity index (χ3v) is 10.5. The van der Waals surface area contributed by atoms with Gasteiger partial charge < -0.3 is 0 Å². The van der Waals surface area contributed by atoms with Gasteiger partial charge in [0.05, 0.1) is 16.1 Å². The highest BCUT2D eigenvalue weighted by atomic mass is 32.1. The zero-order chi connectivity index (χ0) is 33.3. The molecule has 1 aromatic heterocycles. The van der Waals surface area contributed by atoms with Crippen LogP contribution in [-0.2, 0) is 0 Å². The molecule has 9 heteroatoms. The lowest BCUT2D eigenvalue weighted by Gasteiger charge is -2.23. The number of aromatic nitrogens is 3. The standard InChI is InChI=1S/C36H69N3O3S3/c1-4-7-10-13-16-19-22-25-28-31(43)37-34(40)38(32(44)29-26-23-20-17-14-11-8-5-2)36(42)39(35(37)41)33(45)30-27-24-21-18-15-12-9-6-3/h31-33,43-45H,4-30H2,1-3H3. The summed E-state index contributed by atoms with van der Waals surface area (Å²) < 4.78 is 3.58. The lowest BCUT2D eigenvalue weighted by molar-refractivity contribution is 0.401. The van der Waals surface area contributed by atoms with Crippen LogP contribution >= 0.6 is 37.9 Å². The van der Waals surface area contributed by atoms with Gasteiger partial charge in [-0.3, -0.25) is 0 Å². The summed E-state index contributed by atoms with van der Waals surface area (Å²) in [6.45, 7) is 6.68. The van der Waals surface area contributed by atoms with Crippen molar-refractivity contribution in [3.8, 4) is 0 Å². The summed E-state index contributed by atoms with van der Waals surface area (Å²) in [5, 5.41) is -1.76. The minimum Gasteiger partial charge on any atom is -0.247 e. The smallest absolute Gasteiger partial charge is 0.247 e. The molecule has 6 nitrogen and oxygen atoms in total. The largest absolute Gasteiger partial charge is 0.338 e. The maximum atomic E-state index is 13.7. The number of unbranched alkanes of at least 4 members (excludes halogenated alkanes) is 21. The van der Waals surface area contributed by atoms with E-state index in [9.17, 15) is 14.4 Å². The molecule has 0 bridgehead atoms. The molecule has 1 aromatic rings. The SMILES string of the molecule is CCCCCCCCCCC(S)n1c(=O)n(C(S)CCCCCCCCCC)c(=O)n(C(S)CCCCCCCCCC)c1=O. The van der Waals surface area contributed by atoms with Gasteiger partial charge >= 0.3 is 17.1 Å². The number of hydrogen-bond donors (Lipinski definition) is 3. The maximum absolute atomic E-state index is 13.7. The van der Waals surface area contributed by atoms with Crippen LogP contribution in [0.4, 0.5) is 0 Å². The zero-order valence-corrected chi connectivity index (χ0v) is 31.9. The van der Waals surface area contributed by atoms with Crippen LogP contribution in [0.3, 0.4) is 0 Å². The average molecular weight is 688 g/mol. The van der Waals surface area contributed by atoms with Crippen LogP contribution in [-0.4, -0.2) is 13.7 Å². The summed E-state index contributed by atoms with van der Waals surface area (Å²) in [4.78, 5) is 41.2. The molecule has 1 rings (SSSR count). The fourth-order valence-electron chi connectivity index (χ4n) is 6.13. The predicted molar refractivity (Wildman–Crippen MR) is 205 cm³/mol. The van der Waals surface area contributed by atoms with Crippen molar-refractivity contribution >= 4 is 37.9 Å². The van der Waals surface area contributed by atoms with E-state index in [-0.39, 0.29) is 0 Å². The van der Waals surface area contributed by atoms with Crippen LogP contribution in [0.5, 0.6) is 0 Å². The normalized spacial score (nSPS) is 13.7. The highest BCUT2D eigenvalue weighted by Crippen LogP contribution is 2.23. The van der Waals surface area contributed by atoms with Gasteiger partial charge in [-0.25, -0.2) is 28.1 Å². The van der Waals surface area contributed by atoms with E-state index in [1.807, 2.05) is 0 Å². The van der Waals surface area contributed by atoms with Gasteiger partial charge in [0.25, 0.3) is 0 Å². The second kappa shape index (κ2) is 27.4. The molecule has 0 amide bonds. The fraction of sp³-hybridized carbons (Fsp3) is 0.917. The molecule has 3 unspecified atom stereocenters. The number of rotatable bonds is 30. The van der Waals surface area contributed by atoms with E-state index in [0.717, 1.165) is 57.8 Å². The van der Waals surface area contributed by atoms with Crippen molar-refractivity contribution in [2.45, 2.75) is 210 Å². The van der Waals surface area contributed by atoms with Crippen molar-refractivity contribution in [1.82, 2.24) is 13.7 Å².